The summed E-state index contributed by atoms with van der Waals surface area (Å²) >= 11 is 0. The fourth-order valence-electron chi connectivity index (χ4n) is 3.65. The normalized spacial score (nSPS) is 14.7. The second-order valence-electron chi connectivity index (χ2n) is 7.65. The number of carbonyl (C=O) groups excluding carboxylic acids is 1. The predicted molar refractivity (Wildman–Crippen MR) is 119 cm³/mol. The van der Waals surface area contributed by atoms with Crippen molar-refractivity contribution in [3.8, 4) is 11.3 Å². The number of anilines is 2. The third-order valence-electron chi connectivity index (χ3n) is 5.52. The SMILES string of the molecule is CN1CCN(c2ccc(C(=O)Nc3cc4cc(-c5cnco5)ccc4cn3)cn2)CC1. The number of amides is 1. The van der Waals surface area contributed by atoms with Crippen LogP contribution in [0.15, 0.2) is 65.8 Å². The second kappa shape index (κ2) is 8.16. The van der Waals surface area contributed by atoms with Gasteiger partial charge in [-0.25, -0.2) is 15.0 Å². The molecule has 1 N–H and O–H groups in total. The molecule has 1 saturated heterocycles. The van der Waals surface area contributed by atoms with Gasteiger partial charge in [0, 0.05) is 49.5 Å². The fraction of sp³-hybridized carbons (Fsp3) is 0.217. The van der Waals surface area contributed by atoms with Gasteiger partial charge < -0.3 is 19.5 Å². The summed E-state index contributed by atoms with van der Waals surface area (Å²) in [4.78, 5) is 30.0. The molecule has 8 nitrogen and oxygen atoms in total. The molecule has 1 fully saturated rings. The number of hydrogen-bond acceptors (Lipinski definition) is 7. The van der Waals surface area contributed by atoms with E-state index in [9.17, 15) is 4.79 Å². The second-order valence-corrected chi connectivity index (χ2v) is 7.65. The summed E-state index contributed by atoms with van der Waals surface area (Å²) in [6.07, 6.45) is 6.43. The van der Waals surface area contributed by atoms with E-state index in [1.807, 2.05) is 30.3 Å². The summed E-state index contributed by atoms with van der Waals surface area (Å²) in [7, 11) is 2.12. The van der Waals surface area contributed by atoms with E-state index < -0.39 is 0 Å². The molecule has 0 bridgehead atoms. The summed E-state index contributed by atoms with van der Waals surface area (Å²) < 4.78 is 5.37. The Morgan fingerprint density at radius 3 is 2.58 bits per heavy atom. The zero-order chi connectivity index (χ0) is 21.2. The Hall–Kier alpha value is -3.78. The van der Waals surface area contributed by atoms with Crippen molar-refractivity contribution in [1.82, 2.24) is 19.9 Å². The number of carbonyl (C=O) groups is 1. The van der Waals surface area contributed by atoms with Crippen molar-refractivity contribution in [1.29, 1.82) is 0 Å². The fourth-order valence-corrected chi connectivity index (χ4v) is 3.65. The summed E-state index contributed by atoms with van der Waals surface area (Å²) in [5, 5.41) is 4.78. The monoisotopic (exact) mass is 414 g/mol. The standard InChI is InChI=1S/C23H22N6O2/c1-28-6-8-29(9-7-28)22-5-4-18(13-26-22)23(30)27-21-11-19-10-16(20-14-24-15-31-20)2-3-17(19)12-25-21/h2-5,10-15H,6-9H2,1H3,(H,25,27,30). The smallest absolute Gasteiger partial charge is 0.258 e. The lowest BCUT2D eigenvalue weighted by Gasteiger charge is -2.33. The average molecular weight is 414 g/mol. The molecule has 0 aliphatic carbocycles. The van der Waals surface area contributed by atoms with Gasteiger partial charge in [0.15, 0.2) is 12.2 Å². The first-order valence-electron chi connectivity index (χ1n) is 10.2. The van der Waals surface area contributed by atoms with Crippen LogP contribution in [0.4, 0.5) is 11.6 Å². The molecular weight excluding hydrogens is 392 g/mol. The molecule has 1 amide bonds. The topological polar surface area (TPSA) is 87.4 Å². The third-order valence-corrected chi connectivity index (χ3v) is 5.52. The van der Waals surface area contributed by atoms with Crippen molar-refractivity contribution in [3.05, 3.63) is 66.9 Å². The first-order chi connectivity index (χ1) is 15.2. The van der Waals surface area contributed by atoms with E-state index in [1.165, 1.54) is 6.39 Å². The lowest BCUT2D eigenvalue weighted by molar-refractivity contribution is 0.102. The van der Waals surface area contributed by atoms with Gasteiger partial charge in [-0.3, -0.25) is 4.79 Å². The van der Waals surface area contributed by atoms with Crippen LogP contribution in [0.25, 0.3) is 22.1 Å². The van der Waals surface area contributed by atoms with E-state index >= 15 is 0 Å². The van der Waals surface area contributed by atoms with Crippen LogP contribution >= 0.6 is 0 Å². The minimum atomic E-state index is -0.240. The van der Waals surface area contributed by atoms with E-state index in [4.69, 9.17) is 4.42 Å². The molecule has 0 unspecified atom stereocenters. The molecule has 156 valence electrons. The number of piperazine rings is 1. The minimum absolute atomic E-state index is 0.240. The molecule has 1 aromatic carbocycles. The molecule has 0 atom stereocenters. The molecule has 3 aromatic heterocycles. The lowest BCUT2D eigenvalue weighted by Crippen LogP contribution is -2.44. The van der Waals surface area contributed by atoms with Crippen LogP contribution < -0.4 is 10.2 Å². The van der Waals surface area contributed by atoms with Crippen LogP contribution in [0.5, 0.6) is 0 Å². The Balaban J connectivity index is 1.31. The molecule has 5 rings (SSSR count). The summed E-state index contributed by atoms with van der Waals surface area (Å²) in [6.45, 7) is 3.89. The number of nitrogens with one attached hydrogen (secondary N) is 1. The largest absolute Gasteiger partial charge is 0.444 e. The molecule has 1 aliphatic heterocycles. The van der Waals surface area contributed by atoms with Crippen LogP contribution in [-0.2, 0) is 0 Å². The van der Waals surface area contributed by atoms with E-state index in [1.54, 1.807) is 24.7 Å². The van der Waals surface area contributed by atoms with Crippen molar-refractivity contribution in [2.45, 2.75) is 0 Å². The highest BCUT2D eigenvalue weighted by Gasteiger charge is 2.16. The number of oxazole rings is 1. The first kappa shape index (κ1) is 19.2. The van der Waals surface area contributed by atoms with Crippen molar-refractivity contribution >= 4 is 28.3 Å². The number of pyridine rings is 2. The van der Waals surface area contributed by atoms with Gasteiger partial charge in [0.25, 0.3) is 5.91 Å². The van der Waals surface area contributed by atoms with Crippen molar-refractivity contribution in [2.75, 3.05) is 43.4 Å². The van der Waals surface area contributed by atoms with Gasteiger partial charge >= 0.3 is 0 Å². The van der Waals surface area contributed by atoms with Gasteiger partial charge in [-0.15, -0.1) is 0 Å². The van der Waals surface area contributed by atoms with Crippen LogP contribution in [0.1, 0.15) is 10.4 Å². The molecule has 0 saturated carbocycles. The quantitative estimate of drug-likeness (QED) is 0.548. The van der Waals surface area contributed by atoms with Crippen LogP contribution in [0.2, 0.25) is 0 Å². The highest BCUT2D eigenvalue weighted by molar-refractivity contribution is 6.04. The van der Waals surface area contributed by atoms with Gasteiger partial charge in [0.1, 0.15) is 11.6 Å². The Kier molecular flexibility index (Phi) is 5.05. The average Bonchev–Trinajstić information content (AvgIpc) is 3.34. The minimum Gasteiger partial charge on any atom is -0.444 e. The number of hydrogen-bond donors (Lipinski definition) is 1. The Morgan fingerprint density at radius 2 is 1.84 bits per heavy atom. The van der Waals surface area contributed by atoms with Crippen LogP contribution in [-0.4, -0.2) is 59.0 Å². The van der Waals surface area contributed by atoms with E-state index in [0.29, 0.717) is 17.1 Å². The molecule has 4 heterocycles. The van der Waals surface area contributed by atoms with Gasteiger partial charge in [-0.05, 0) is 36.7 Å². The maximum absolute atomic E-state index is 12.7. The zero-order valence-corrected chi connectivity index (χ0v) is 17.2. The molecule has 0 radical (unpaired) electrons. The highest BCUT2D eigenvalue weighted by atomic mass is 16.3. The van der Waals surface area contributed by atoms with Gasteiger partial charge in [0.2, 0.25) is 0 Å². The predicted octanol–water partition coefficient (Wildman–Crippen LogP) is 3.29. The molecule has 0 spiro atoms. The van der Waals surface area contributed by atoms with Crippen molar-refractivity contribution < 1.29 is 9.21 Å². The van der Waals surface area contributed by atoms with Crippen molar-refractivity contribution in [2.24, 2.45) is 0 Å². The maximum atomic E-state index is 12.7. The highest BCUT2D eigenvalue weighted by Crippen LogP contribution is 2.25. The summed E-state index contributed by atoms with van der Waals surface area (Å²) in [5.74, 6) is 1.83. The van der Waals surface area contributed by atoms with E-state index in [-0.39, 0.29) is 5.91 Å². The molecule has 1 aliphatic rings. The van der Waals surface area contributed by atoms with Crippen molar-refractivity contribution in [3.63, 3.8) is 0 Å². The van der Waals surface area contributed by atoms with E-state index in [2.05, 4.69) is 37.1 Å². The van der Waals surface area contributed by atoms with E-state index in [0.717, 1.165) is 48.3 Å². The van der Waals surface area contributed by atoms with Crippen LogP contribution in [0.3, 0.4) is 0 Å². The zero-order valence-electron chi connectivity index (χ0n) is 17.2. The molecule has 31 heavy (non-hydrogen) atoms. The Bertz CT molecular complexity index is 1200. The maximum Gasteiger partial charge on any atom is 0.258 e. The number of benzene rings is 1. The number of aromatic nitrogens is 3. The van der Waals surface area contributed by atoms with Crippen LogP contribution in [0, 0.1) is 0 Å². The number of fused-ring (bicyclic) bond motifs is 1. The molecule has 8 heteroatoms. The van der Waals surface area contributed by atoms with Gasteiger partial charge in [-0.1, -0.05) is 12.1 Å². The van der Waals surface area contributed by atoms with Gasteiger partial charge in [-0.2, -0.15) is 0 Å². The Labute approximate surface area is 179 Å². The molecular formula is C23H22N6O2. The molecule has 4 aromatic rings. The number of nitrogens with zero attached hydrogens (tertiary/aromatic N) is 5. The Morgan fingerprint density at radius 1 is 0.968 bits per heavy atom. The summed E-state index contributed by atoms with van der Waals surface area (Å²) in [5.41, 5.74) is 1.41. The van der Waals surface area contributed by atoms with Gasteiger partial charge in [0.05, 0.1) is 11.8 Å². The summed E-state index contributed by atoms with van der Waals surface area (Å²) in [6, 6.07) is 11.5. The number of rotatable bonds is 4. The lowest BCUT2D eigenvalue weighted by atomic mass is 10.1. The third kappa shape index (κ3) is 4.10. The number of likely N-dealkylation sites (N-methyl/N-ethyl adjacent to an activating group) is 1. The first-order valence-corrected chi connectivity index (χ1v) is 10.2.